The first-order valence-electron chi connectivity index (χ1n) is 8.71. The zero-order chi connectivity index (χ0) is 21.4. The van der Waals surface area contributed by atoms with Crippen molar-refractivity contribution in [3.05, 3.63) is 44.9 Å². The van der Waals surface area contributed by atoms with Gasteiger partial charge in [0.1, 0.15) is 0 Å². The number of nitrogens with zero attached hydrogens (tertiary/aromatic N) is 2. The molecule has 0 saturated carbocycles. The number of thiazole rings is 1. The lowest BCUT2D eigenvalue weighted by molar-refractivity contribution is -0.140. The summed E-state index contributed by atoms with van der Waals surface area (Å²) in [5, 5.41) is 10.5. The summed E-state index contributed by atoms with van der Waals surface area (Å²) < 4.78 is 37.6. The van der Waals surface area contributed by atoms with Crippen molar-refractivity contribution in [3.63, 3.8) is 0 Å². The van der Waals surface area contributed by atoms with Crippen molar-refractivity contribution >= 4 is 64.5 Å². The number of aliphatic imine (C=N–C) groups is 1. The van der Waals surface area contributed by atoms with E-state index in [1.165, 1.54) is 0 Å². The number of hydrogen-bond donors (Lipinski definition) is 3. The van der Waals surface area contributed by atoms with Gasteiger partial charge in [0, 0.05) is 38.4 Å². The van der Waals surface area contributed by atoms with E-state index in [9.17, 15) is 18.0 Å². The molecule has 0 atom stereocenters. The van der Waals surface area contributed by atoms with Crippen LogP contribution in [0.15, 0.2) is 28.6 Å². The number of amides is 1. The molecule has 166 valence electrons. The van der Waals surface area contributed by atoms with Crippen LogP contribution in [-0.2, 0) is 17.4 Å². The summed E-state index contributed by atoms with van der Waals surface area (Å²) in [5.74, 6) is 0.236. The number of aryl methyl sites for hydroxylation is 1. The molecule has 2 rings (SSSR count). The number of carbonyl (C=O) groups is 1. The fourth-order valence-corrected chi connectivity index (χ4v) is 3.38. The van der Waals surface area contributed by atoms with Crippen LogP contribution >= 0.6 is 46.9 Å². The Morgan fingerprint density at radius 2 is 1.97 bits per heavy atom. The van der Waals surface area contributed by atoms with Crippen molar-refractivity contribution in [3.8, 4) is 0 Å². The van der Waals surface area contributed by atoms with E-state index in [0.29, 0.717) is 41.2 Å². The van der Waals surface area contributed by atoms with Crippen molar-refractivity contribution in [1.82, 2.24) is 15.6 Å². The lowest BCUT2D eigenvalue weighted by Crippen LogP contribution is -2.39. The highest BCUT2D eigenvalue weighted by atomic mass is 127. The molecule has 6 nitrogen and oxygen atoms in total. The van der Waals surface area contributed by atoms with E-state index in [1.807, 2.05) is 13.0 Å². The maximum atomic E-state index is 12.5. The third-order valence-corrected chi connectivity index (χ3v) is 4.96. The third kappa shape index (κ3) is 8.64. The van der Waals surface area contributed by atoms with Crippen LogP contribution in [0.2, 0.25) is 5.02 Å². The van der Waals surface area contributed by atoms with Gasteiger partial charge in [0.15, 0.2) is 11.7 Å². The molecule has 0 saturated heterocycles. The zero-order valence-corrected chi connectivity index (χ0v) is 20.2. The van der Waals surface area contributed by atoms with Crippen LogP contribution in [0.25, 0.3) is 0 Å². The normalized spacial score (nSPS) is 11.6. The van der Waals surface area contributed by atoms with Crippen LogP contribution in [0.4, 0.5) is 18.9 Å². The molecule has 12 heteroatoms. The number of carbonyl (C=O) groups excluding carboxylic acids is 1. The smallest absolute Gasteiger partial charge is 0.356 e. The predicted octanol–water partition coefficient (Wildman–Crippen LogP) is 4.48. The summed E-state index contributed by atoms with van der Waals surface area (Å²) in [6, 6.07) is 5.36. The van der Waals surface area contributed by atoms with Crippen molar-refractivity contribution in [2.75, 3.05) is 25.5 Å². The fourth-order valence-electron chi connectivity index (χ4n) is 2.29. The van der Waals surface area contributed by atoms with Gasteiger partial charge in [-0.15, -0.1) is 35.3 Å². The highest BCUT2D eigenvalue weighted by molar-refractivity contribution is 14.0. The molecule has 30 heavy (non-hydrogen) atoms. The van der Waals surface area contributed by atoms with Crippen molar-refractivity contribution in [2.24, 2.45) is 4.99 Å². The van der Waals surface area contributed by atoms with E-state index in [2.05, 4.69) is 25.9 Å². The van der Waals surface area contributed by atoms with Crippen molar-refractivity contribution in [1.29, 1.82) is 0 Å². The first-order valence-corrected chi connectivity index (χ1v) is 9.97. The average Bonchev–Trinajstić information content (AvgIpc) is 3.12. The Balaban J connectivity index is 0.00000450. The van der Waals surface area contributed by atoms with Crippen LogP contribution in [0.3, 0.4) is 0 Å². The van der Waals surface area contributed by atoms with E-state index < -0.39 is 11.9 Å². The average molecular weight is 576 g/mol. The molecule has 0 bridgehead atoms. The minimum absolute atomic E-state index is 0. The zero-order valence-electron chi connectivity index (χ0n) is 16.3. The first kappa shape index (κ1) is 26.4. The minimum Gasteiger partial charge on any atom is -0.356 e. The second-order valence-electron chi connectivity index (χ2n) is 6.08. The number of guanidine groups is 1. The van der Waals surface area contributed by atoms with E-state index in [-0.39, 0.29) is 36.3 Å². The molecule has 0 aliphatic carbocycles. The van der Waals surface area contributed by atoms with Crippen LogP contribution < -0.4 is 16.0 Å². The van der Waals surface area contributed by atoms with Gasteiger partial charge in [0.2, 0.25) is 5.91 Å². The molecule has 1 aromatic heterocycles. The van der Waals surface area contributed by atoms with Crippen molar-refractivity contribution in [2.45, 2.75) is 25.9 Å². The van der Waals surface area contributed by atoms with E-state index in [1.54, 1.807) is 19.2 Å². The number of halogens is 5. The second-order valence-corrected chi connectivity index (χ2v) is 7.43. The lowest BCUT2D eigenvalue weighted by atomic mass is 10.2. The summed E-state index contributed by atoms with van der Waals surface area (Å²) in [5.41, 5.74) is 0.670. The van der Waals surface area contributed by atoms with Gasteiger partial charge in [0.25, 0.3) is 0 Å². The highest BCUT2D eigenvalue weighted by Gasteiger charge is 2.33. The molecule has 0 unspecified atom stereocenters. The summed E-state index contributed by atoms with van der Waals surface area (Å²) in [7, 11) is 1.56. The number of hydrogen-bond acceptors (Lipinski definition) is 4. The maximum absolute atomic E-state index is 12.5. The van der Waals surface area contributed by atoms with E-state index in [4.69, 9.17) is 11.6 Å². The number of benzene rings is 1. The molecule has 2 aromatic rings. The van der Waals surface area contributed by atoms with E-state index in [0.717, 1.165) is 22.3 Å². The predicted molar refractivity (Wildman–Crippen MR) is 125 cm³/mol. The molecule has 1 heterocycles. The van der Waals surface area contributed by atoms with Crippen molar-refractivity contribution < 1.29 is 18.0 Å². The van der Waals surface area contributed by atoms with Gasteiger partial charge in [-0.1, -0.05) is 17.7 Å². The second kappa shape index (κ2) is 12.3. The summed E-state index contributed by atoms with van der Waals surface area (Å²) >= 11 is 7.05. The Labute approximate surface area is 198 Å². The molecule has 1 aromatic carbocycles. The minimum atomic E-state index is -4.43. The Bertz CT molecular complexity index is 876. The van der Waals surface area contributed by atoms with Crippen LogP contribution in [0.5, 0.6) is 0 Å². The molecule has 0 spiro atoms. The fraction of sp³-hybridized carbons (Fsp3) is 0.389. The standard InChI is InChI=1S/C18H21ClF3N5OS.HI/c1-11-3-4-13(12(19)9-11)26-15(28)5-7-24-17(23-2)25-8-6-16-27-14(10-29-16)18(20,21)22;/h3-4,9-10H,5-8H2,1-2H3,(H,26,28)(H2,23,24,25);1H. The Morgan fingerprint density at radius 1 is 1.27 bits per heavy atom. The largest absolute Gasteiger partial charge is 0.434 e. The monoisotopic (exact) mass is 575 g/mol. The van der Waals surface area contributed by atoms with Gasteiger partial charge in [-0.05, 0) is 24.6 Å². The number of anilines is 1. The molecule has 0 radical (unpaired) electrons. The number of nitrogens with one attached hydrogen (secondary N) is 3. The van der Waals surface area contributed by atoms with E-state index >= 15 is 0 Å². The first-order chi connectivity index (χ1) is 13.7. The lowest BCUT2D eigenvalue weighted by Gasteiger charge is -2.12. The van der Waals surface area contributed by atoms with Gasteiger partial charge in [-0.3, -0.25) is 9.79 Å². The molecule has 1 amide bonds. The van der Waals surface area contributed by atoms with Gasteiger partial charge in [0.05, 0.1) is 15.7 Å². The number of rotatable bonds is 7. The summed E-state index contributed by atoms with van der Waals surface area (Å²) in [6.45, 7) is 2.59. The number of aromatic nitrogens is 1. The third-order valence-electron chi connectivity index (χ3n) is 3.74. The summed E-state index contributed by atoms with van der Waals surface area (Å²) in [4.78, 5) is 19.6. The van der Waals surface area contributed by atoms with Gasteiger partial charge >= 0.3 is 6.18 Å². The van der Waals surface area contributed by atoms with Crippen LogP contribution in [0, 0.1) is 6.92 Å². The Hall–Kier alpha value is -1.60. The Kier molecular flexibility index (Phi) is 10.8. The SMILES string of the molecule is CN=C(NCCC(=O)Nc1ccc(C)cc1Cl)NCCc1nc(C(F)(F)F)cs1.I. The molecule has 0 fully saturated rings. The molecular formula is C18H22ClF3IN5OS. The summed E-state index contributed by atoms with van der Waals surface area (Å²) in [6.07, 6.45) is -3.91. The quantitative estimate of drug-likeness (QED) is 0.259. The van der Waals surface area contributed by atoms with Crippen LogP contribution in [-0.4, -0.2) is 37.0 Å². The topological polar surface area (TPSA) is 78.4 Å². The number of alkyl halides is 3. The molecule has 0 aliphatic heterocycles. The molecule has 0 aliphatic rings. The Morgan fingerprint density at radius 3 is 2.57 bits per heavy atom. The van der Waals surface area contributed by atoms with Gasteiger partial charge < -0.3 is 16.0 Å². The van der Waals surface area contributed by atoms with Gasteiger partial charge in [-0.25, -0.2) is 4.98 Å². The maximum Gasteiger partial charge on any atom is 0.434 e. The van der Waals surface area contributed by atoms with Crippen LogP contribution in [0.1, 0.15) is 22.7 Å². The molecule has 3 N–H and O–H groups in total. The van der Waals surface area contributed by atoms with Gasteiger partial charge in [-0.2, -0.15) is 13.2 Å². The molecular weight excluding hydrogens is 554 g/mol. The highest BCUT2D eigenvalue weighted by Crippen LogP contribution is 2.30.